The lowest BCUT2D eigenvalue weighted by Crippen LogP contribution is -2.10. The zero-order chi connectivity index (χ0) is 17.6. The molecule has 24 heavy (non-hydrogen) atoms. The van der Waals surface area contributed by atoms with E-state index in [4.69, 9.17) is 20.5 Å². The number of carbonyl (C=O) groups excluding carboxylic acids is 1. The maximum Gasteiger partial charge on any atom is 0.340 e. The largest absolute Gasteiger partial charge is 0.497 e. The summed E-state index contributed by atoms with van der Waals surface area (Å²) in [6.07, 6.45) is 2.55. The van der Waals surface area contributed by atoms with Gasteiger partial charge in [-0.3, -0.25) is 0 Å². The van der Waals surface area contributed by atoms with Gasteiger partial charge in [0.1, 0.15) is 22.7 Å². The molecule has 2 aromatic rings. The van der Waals surface area contributed by atoms with E-state index in [0.717, 1.165) is 11.8 Å². The maximum atomic E-state index is 12.4. The molecule has 0 N–H and O–H groups in total. The van der Waals surface area contributed by atoms with Crippen LogP contribution in [0.25, 0.3) is 0 Å². The molecule has 0 bridgehead atoms. The van der Waals surface area contributed by atoms with Crippen LogP contribution in [0.2, 0.25) is 5.02 Å². The predicted molar refractivity (Wildman–Crippen MR) is 91.3 cm³/mol. The van der Waals surface area contributed by atoms with E-state index in [1.807, 2.05) is 0 Å². The van der Waals surface area contributed by atoms with Crippen molar-refractivity contribution in [1.29, 1.82) is 0 Å². The van der Waals surface area contributed by atoms with Crippen LogP contribution in [0, 0.1) is 0 Å². The Kier molecular flexibility index (Phi) is 6.23. The van der Waals surface area contributed by atoms with E-state index in [2.05, 4.69) is 0 Å². The molecule has 0 spiro atoms. The molecule has 5 nitrogen and oxygen atoms in total. The minimum atomic E-state index is -4.05. The molecule has 0 saturated heterocycles. The van der Waals surface area contributed by atoms with Crippen LogP contribution in [0.5, 0.6) is 11.5 Å². The fourth-order valence-electron chi connectivity index (χ4n) is 2.15. The number of hydrogen-bond donors (Lipinski definition) is 0. The van der Waals surface area contributed by atoms with Gasteiger partial charge in [-0.1, -0.05) is 23.7 Å². The second-order valence-corrected chi connectivity index (χ2v) is 6.97. The lowest BCUT2D eigenvalue weighted by atomic mass is 10.1. The Morgan fingerprint density at radius 2 is 1.83 bits per heavy atom. The van der Waals surface area contributed by atoms with E-state index in [0.29, 0.717) is 25.0 Å². The Labute approximate surface area is 146 Å². The Balaban J connectivity index is 2.29. The van der Waals surface area contributed by atoms with Gasteiger partial charge in [0, 0.05) is 12.5 Å². The molecular formula is C17H17ClO5S. The molecule has 0 radical (unpaired) electrons. The van der Waals surface area contributed by atoms with Crippen LogP contribution in [0.15, 0.2) is 47.4 Å². The summed E-state index contributed by atoms with van der Waals surface area (Å²) in [6.45, 7) is 0. The summed E-state index contributed by atoms with van der Waals surface area (Å²) >= 11 is 5.93. The average molecular weight is 369 g/mol. The minimum Gasteiger partial charge on any atom is -0.497 e. The van der Waals surface area contributed by atoms with Crippen LogP contribution in [0.4, 0.5) is 0 Å². The molecule has 0 aliphatic carbocycles. The van der Waals surface area contributed by atoms with Crippen molar-refractivity contribution < 1.29 is 22.1 Å². The summed E-state index contributed by atoms with van der Waals surface area (Å²) in [6, 6.07) is 10.9. The molecule has 0 aliphatic rings. The topological polar surface area (TPSA) is 69.7 Å². The molecule has 0 heterocycles. The lowest BCUT2D eigenvalue weighted by Gasteiger charge is -2.11. The quantitative estimate of drug-likeness (QED) is 0.404. The number of benzene rings is 2. The van der Waals surface area contributed by atoms with Crippen molar-refractivity contribution in [2.45, 2.75) is 24.2 Å². The van der Waals surface area contributed by atoms with Crippen LogP contribution in [0.3, 0.4) is 0 Å². The molecule has 0 saturated carbocycles. The summed E-state index contributed by atoms with van der Waals surface area (Å²) in [7, 11) is -2.57. The van der Waals surface area contributed by atoms with Crippen molar-refractivity contribution in [3.63, 3.8) is 0 Å². The van der Waals surface area contributed by atoms with Crippen LogP contribution in [-0.4, -0.2) is 21.8 Å². The van der Waals surface area contributed by atoms with Gasteiger partial charge in [-0.05, 0) is 42.7 Å². The molecule has 0 atom stereocenters. The molecule has 0 fully saturated rings. The molecule has 0 unspecified atom stereocenters. The van der Waals surface area contributed by atoms with Gasteiger partial charge in [0.25, 0.3) is 0 Å². The van der Waals surface area contributed by atoms with E-state index in [1.165, 1.54) is 25.3 Å². The second-order valence-electron chi connectivity index (χ2n) is 5.04. The zero-order valence-electron chi connectivity index (χ0n) is 13.1. The van der Waals surface area contributed by atoms with Gasteiger partial charge < -0.3 is 13.7 Å². The summed E-state index contributed by atoms with van der Waals surface area (Å²) < 4.78 is 35.2. The molecule has 128 valence electrons. The van der Waals surface area contributed by atoms with Crippen LogP contribution in [0.1, 0.15) is 18.4 Å². The van der Waals surface area contributed by atoms with Gasteiger partial charge in [0.05, 0.1) is 12.1 Å². The van der Waals surface area contributed by atoms with Crippen LogP contribution < -0.4 is 8.92 Å². The number of methoxy groups -OCH3 is 1. The number of ether oxygens (including phenoxy) is 1. The summed E-state index contributed by atoms with van der Waals surface area (Å²) in [5.41, 5.74) is 0.820. The molecular weight excluding hydrogens is 352 g/mol. The van der Waals surface area contributed by atoms with Crippen molar-refractivity contribution in [1.82, 2.24) is 0 Å². The summed E-state index contributed by atoms with van der Waals surface area (Å²) in [5, 5.41) is 0.0894. The number of aldehydes is 1. The first-order chi connectivity index (χ1) is 11.5. The third kappa shape index (κ3) is 4.72. The molecule has 0 aliphatic heterocycles. The first kappa shape index (κ1) is 18.3. The molecule has 2 aromatic carbocycles. The third-order valence-corrected chi connectivity index (χ3v) is 5.02. The third-order valence-electron chi connectivity index (χ3n) is 3.27. The molecule has 7 heteroatoms. The van der Waals surface area contributed by atoms with Crippen molar-refractivity contribution in [3.8, 4) is 11.5 Å². The van der Waals surface area contributed by atoms with E-state index in [1.54, 1.807) is 24.3 Å². The zero-order valence-corrected chi connectivity index (χ0v) is 14.6. The first-order valence-electron chi connectivity index (χ1n) is 7.27. The first-order valence-corrected chi connectivity index (χ1v) is 9.05. The lowest BCUT2D eigenvalue weighted by molar-refractivity contribution is -0.107. The monoisotopic (exact) mass is 368 g/mol. The van der Waals surface area contributed by atoms with Gasteiger partial charge in [-0.2, -0.15) is 8.42 Å². The molecule has 2 rings (SSSR count). The van der Waals surface area contributed by atoms with Gasteiger partial charge >= 0.3 is 10.1 Å². The molecule has 0 aromatic heterocycles. The number of rotatable bonds is 8. The van der Waals surface area contributed by atoms with E-state index >= 15 is 0 Å². The Morgan fingerprint density at radius 3 is 2.50 bits per heavy atom. The van der Waals surface area contributed by atoms with Crippen molar-refractivity contribution in [2.24, 2.45) is 0 Å². The average Bonchev–Trinajstić information content (AvgIpc) is 2.54. The number of hydrogen-bond acceptors (Lipinski definition) is 5. The second kappa shape index (κ2) is 8.17. The highest BCUT2D eigenvalue weighted by Crippen LogP contribution is 2.28. The SMILES string of the molecule is COc1cc(CCCC=O)cc(OS(=O)(=O)c2ccccc2Cl)c1. The summed E-state index contributed by atoms with van der Waals surface area (Å²) in [5.74, 6) is 0.610. The van der Waals surface area contributed by atoms with E-state index in [-0.39, 0.29) is 15.7 Å². The maximum absolute atomic E-state index is 12.4. The highest BCUT2D eigenvalue weighted by molar-refractivity contribution is 7.87. The fourth-order valence-corrected chi connectivity index (χ4v) is 3.56. The Hall–Kier alpha value is -2.05. The Bertz CT molecular complexity index is 817. The van der Waals surface area contributed by atoms with Crippen molar-refractivity contribution >= 4 is 28.0 Å². The van der Waals surface area contributed by atoms with Gasteiger partial charge in [-0.15, -0.1) is 0 Å². The smallest absolute Gasteiger partial charge is 0.340 e. The predicted octanol–water partition coefficient (Wildman–Crippen LogP) is 3.64. The van der Waals surface area contributed by atoms with Crippen LogP contribution in [-0.2, 0) is 21.3 Å². The fraction of sp³-hybridized carbons (Fsp3) is 0.235. The highest BCUT2D eigenvalue weighted by Gasteiger charge is 2.20. The van der Waals surface area contributed by atoms with E-state index in [9.17, 15) is 13.2 Å². The van der Waals surface area contributed by atoms with Crippen LogP contribution >= 0.6 is 11.6 Å². The van der Waals surface area contributed by atoms with Gasteiger partial charge in [-0.25, -0.2) is 0 Å². The molecule has 0 amide bonds. The number of aryl methyl sites for hydroxylation is 1. The van der Waals surface area contributed by atoms with Gasteiger partial charge in [0.2, 0.25) is 0 Å². The minimum absolute atomic E-state index is 0.0894. The van der Waals surface area contributed by atoms with Crippen molar-refractivity contribution in [3.05, 3.63) is 53.1 Å². The highest BCUT2D eigenvalue weighted by atomic mass is 35.5. The Morgan fingerprint density at radius 1 is 1.12 bits per heavy atom. The number of halogens is 1. The standard InChI is InChI=1S/C17H17ClO5S/c1-22-14-10-13(6-4-5-9-19)11-15(12-14)23-24(20,21)17-8-3-2-7-16(17)18/h2-3,7-12H,4-6H2,1H3. The number of unbranched alkanes of at least 4 members (excludes halogenated alkanes) is 1. The summed E-state index contributed by atoms with van der Waals surface area (Å²) in [4.78, 5) is 10.3. The van der Waals surface area contributed by atoms with Crippen molar-refractivity contribution in [2.75, 3.05) is 7.11 Å². The normalized spacial score (nSPS) is 11.1. The number of carbonyl (C=O) groups is 1. The van der Waals surface area contributed by atoms with Gasteiger partial charge in [0.15, 0.2) is 0 Å². The van der Waals surface area contributed by atoms with E-state index < -0.39 is 10.1 Å².